The van der Waals surface area contributed by atoms with Crippen LogP contribution in [0.25, 0.3) is 0 Å². The molecule has 0 bridgehead atoms. The summed E-state index contributed by atoms with van der Waals surface area (Å²) in [5.74, 6) is 1.10. The second-order valence-electron chi connectivity index (χ2n) is 5.39. The molecule has 0 aliphatic rings. The van der Waals surface area contributed by atoms with Gasteiger partial charge >= 0.3 is 0 Å². The first-order chi connectivity index (χ1) is 9.65. The topological polar surface area (TPSA) is 25.2 Å². The Morgan fingerprint density at radius 3 is 2.55 bits per heavy atom. The Morgan fingerprint density at radius 1 is 1.10 bits per heavy atom. The van der Waals surface area contributed by atoms with Crippen molar-refractivity contribution in [1.82, 2.24) is 5.32 Å². The van der Waals surface area contributed by atoms with E-state index in [1.165, 1.54) is 22.3 Å². The van der Waals surface area contributed by atoms with E-state index in [0.717, 1.165) is 25.1 Å². The zero-order valence-electron chi connectivity index (χ0n) is 13.0. The van der Waals surface area contributed by atoms with Crippen molar-refractivity contribution in [2.75, 3.05) is 6.54 Å². The van der Waals surface area contributed by atoms with Crippen LogP contribution in [0.1, 0.15) is 47.9 Å². The van der Waals surface area contributed by atoms with E-state index in [0.29, 0.717) is 6.04 Å². The Balaban J connectivity index is 2.23. The van der Waals surface area contributed by atoms with Gasteiger partial charge in [0.05, 0.1) is 6.26 Å². The molecule has 2 nitrogen and oxygen atoms in total. The van der Waals surface area contributed by atoms with Crippen molar-refractivity contribution in [3.8, 4) is 0 Å². The first-order valence-corrected chi connectivity index (χ1v) is 7.51. The minimum Gasteiger partial charge on any atom is -0.469 e. The third kappa shape index (κ3) is 3.31. The molecule has 1 N–H and O–H groups in total. The number of nitrogens with one attached hydrogen (secondary N) is 1. The molecule has 20 heavy (non-hydrogen) atoms. The smallest absolute Gasteiger partial charge is 0.108 e. The van der Waals surface area contributed by atoms with E-state index in [-0.39, 0.29) is 0 Å². The van der Waals surface area contributed by atoms with Crippen LogP contribution in [0.5, 0.6) is 0 Å². The standard InChI is InChI=1S/C18H25NO/c1-5-18-16(9-10-20-18)17(19-6-2)12-15-8-7-13(3)14(4)11-15/h7-11,17,19H,5-6,12H2,1-4H3. The lowest BCUT2D eigenvalue weighted by Gasteiger charge is -2.18. The van der Waals surface area contributed by atoms with E-state index in [4.69, 9.17) is 4.42 Å². The van der Waals surface area contributed by atoms with Crippen molar-refractivity contribution in [3.63, 3.8) is 0 Å². The van der Waals surface area contributed by atoms with Crippen molar-refractivity contribution in [2.45, 2.75) is 46.6 Å². The Bertz CT molecular complexity index is 556. The zero-order chi connectivity index (χ0) is 14.5. The molecule has 0 saturated carbocycles. The summed E-state index contributed by atoms with van der Waals surface area (Å²) in [5.41, 5.74) is 5.39. The monoisotopic (exact) mass is 271 g/mol. The highest BCUT2D eigenvalue weighted by molar-refractivity contribution is 5.32. The first kappa shape index (κ1) is 14.9. The molecule has 2 rings (SSSR count). The van der Waals surface area contributed by atoms with Crippen molar-refractivity contribution >= 4 is 0 Å². The van der Waals surface area contributed by atoms with Gasteiger partial charge in [-0.1, -0.05) is 32.0 Å². The number of benzene rings is 1. The van der Waals surface area contributed by atoms with Crippen LogP contribution >= 0.6 is 0 Å². The average molecular weight is 271 g/mol. The largest absolute Gasteiger partial charge is 0.469 e. The van der Waals surface area contributed by atoms with Crippen LogP contribution in [-0.4, -0.2) is 6.54 Å². The van der Waals surface area contributed by atoms with Gasteiger partial charge in [-0.2, -0.15) is 0 Å². The predicted molar refractivity (Wildman–Crippen MR) is 84.1 cm³/mol. The van der Waals surface area contributed by atoms with Crippen LogP contribution in [0.15, 0.2) is 34.9 Å². The average Bonchev–Trinajstić information content (AvgIpc) is 2.90. The van der Waals surface area contributed by atoms with E-state index in [2.05, 4.69) is 57.3 Å². The van der Waals surface area contributed by atoms with Crippen LogP contribution in [0, 0.1) is 13.8 Å². The first-order valence-electron chi connectivity index (χ1n) is 7.51. The number of furan rings is 1. The fraction of sp³-hybridized carbons (Fsp3) is 0.444. The van der Waals surface area contributed by atoms with Gasteiger partial charge in [-0.3, -0.25) is 0 Å². The molecule has 108 valence electrons. The number of aryl methyl sites for hydroxylation is 3. The van der Waals surface area contributed by atoms with Gasteiger partial charge < -0.3 is 9.73 Å². The van der Waals surface area contributed by atoms with E-state index in [9.17, 15) is 0 Å². The maximum atomic E-state index is 5.58. The minimum absolute atomic E-state index is 0.329. The van der Waals surface area contributed by atoms with Crippen molar-refractivity contribution < 1.29 is 4.42 Å². The van der Waals surface area contributed by atoms with Crippen molar-refractivity contribution in [3.05, 3.63) is 58.5 Å². The summed E-state index contributed by atoms with van der Waals surface area (Å²) in [6.07, 6.45) is 3.75. The van der Waals surface area contributed by atoms with Crippen molar-refractivity contribution in [2.24, 2.45) is 0 Å². The molecule has 0 fully saturated rings. The third-order valence-electron chi connectivity index (χ3n) is 3.94. The maximum Gasteiger partial charge on any atom is 0.108 e. The Kier molecular flexibility index (Phi) is 5.02. The van der Waals surface area contributed by atoms with Gasteiger partial charge in [0.15, 0.2) is 0 Å². The minimum atomic E-state index is 0.329. The normalized spacial score (nSPS) is 12.6. The molecule has 0 radical (unpaired) electrons. The molecule has 0 aliphatic carbocycles. The second-order valence-corrected chi connectivity index (χ2v) is 5.39. The van der Waals surface area contributed by atoms with E-state index in [1.807, 2.05) is 0 Å². The van der Waals surface area contributed by atoms with Gasteiger partial charge in [-0.25, -0.2) is 0 Å². The maximum absolute atomic E-state index is 5.58. The summed E-state index contributed by atoms with van der Waals surface area (Å²) in [6, 6.07) is 9.18. The van der Waals surface area contributed by atoms with Crippen LogP contribution in [0.2, 0.25) is 0 Å². The van der Waals surface area contributed by atoms with Gasteiger partial charge in [0.2, 0.25) is 0 Å². The summed E-state index contributed by atoms with van der Waals surface area (Å²) in [6.45, 7) is 9.59. The fourth-order valence-corrected chi connectivity index (χ4v) is 2.65. The number of hydrogen-bond acceptors (Lipinski definition) is 2. The van der Waals surface area contributed by atoms with E-state index >= 15 is 0 Å². The molecular formula is C18H25NO. The molecule has 1 unspecified atom stereocenters. The highest BCUT2D eigenvalue weighted by atomic mass is 16.3. The number of likely N-dealkylation sites (N-methyl/N-ethyl adjacent to an activating group) is 1. The Hall–Kier alpha value is -1.54. The van der Waals surface area contributed by atoms with Crippen LogP contribution in [0.4, 0.5) is 0 Å². The van der Waals surface area contributed by atoms with Crippen molar-refractivity contribution in [1.29, 1.82) is 0 Å². The van der Waals surface area contributed by atoms with Crippen LogP contribution in [0.3, 0.4) is 0 Å². The summed E-state index contributed by atoms with van der Waals surface area (Å²) in [5, 5.41) is 3.58. The van der Waals surface area contributed by atoms with Gasteiger partial charge in [0, 0.05) is 18.0 Å². The van der Waals surface area contributed by atoms with E-state index < -0.39 is 0 Å². The Morgan fingerprint density at radius 2 is 1.90 bits per heavy atom. The molecular weight excluding hydrogens is 246 g/mol. The lowest BCUT2D eigenvalue weighted by atomic mass is 9.96. The van der Waals surface area contributed by atoms with Crippen LogP contribution in [-0.2, 0) is 12.8 Å². The quantitative estimate of drug-likeness (QED) is 0.845. The Labute approximate surface area is 122 Å². The summed E-state index contributed by atoms with van der Waals surface area (Å²) >= 11 is 0. The number of hydrogen-bond donors (Lipinski definition) is 1. The van der Waals surface area contributed by atoms with Gasteiger partial charge in [-0.15, -0.1) is 0 Å². The molecule has 0 saturated heterocycles. The molecule has 1 heterocycles. The molecule has 2 heteroatoms. The van der Waals surface area contributed by atoms with Crippen LogP contribution < -0.4 is 5.32 Å². The highest BCUT2D eigenvalue weighted by Gasteiger charge is 2.16. The summed E-state index contributed by atoms with van der Waals surface area (Å²) in [4.78, 5) is 0. The lowest BCUT2D eigenvalue weighted by Crippen LogP contribution is -2.23. The predicted octanol–water partition coefficient (Wildman–Crippen LogP) is 4.35. The lowest BCUT2D eigenvalue weighted by molar-refractivity contribution is 0.487. The SMILES string of the molecule is CCNC(Cc1ccc(C)c(C)c1)c1ccoc1CC. The third-order valence-corrected chi connectivity index (χ3v) is 3.94. The summed E-state index contributed by atoms with van der Waals surface area (Å²) < 4.78 is 5.58. The van der Waals surface area contributed by atoms with Gasteiger partial charge in [0.1, 0.15) is 5.76 Å². The molecule has 0 amide bonds. The number of rotatable bonds is 6. The highest BCUT2D eigenvalue weighted by Crippen LogP contribution is 2.24. The summed E-state index contributed by atoms with van der Waals surface area (Å²) in [7, 11) is 0. The molecule has 1 aromatic heterocycles. The van der Waals surface area contributed by atoms with Gasteiger partial charge in [-0.05, 0) is 49.6 Å². The van der Waals surface area contributed by atoms with E-state index in [1.54, 1.807) is 6.26 Å². The molecule has 0 aliphatic heterocycles. The van der Waals surface area contributed by atoms with Gasteiger partial charge in [0.25, 0.3) is 0 Å². The molecule has 1 atom stereocenters. The zero-order valence-corrected chi connectivity index (χ0v) is 13.0. The fourth-order valence-electron chi connectivity index (χ4n) is 2.65. The second kappa shape index (κ2) is 6.76. The molecule has 2 aromatic rings. The molecule has 0 spiro atoms. The molecule has 1 aromatic carbocycles.